The number of hydrogen-bond donors (Lipinski definition) is 0. The molecule has 4 rings (SSSR count). The third kappa shape index (κ3) is 9.53. The minimum Gasteiger partial charge on any atom is -0.497 e. The van der Waals surface area contributed by atoms with Crippen LogP contribution in [0.1, 0.15) is 69.6 Å². The fourth-order valence-electron chi connectivity index (χ4n) is 4.73. The summed E-state index contributed by atoms with van der Waals surface area (Å²) in [5, 5.41) is 0. The predicted octanol–water partition coefficient (Wildman–Crippen LogP) is 10.6. The summed E-state index contributed by atoms with van der Waals surface area (Å²) in [5.74, 6) is 4.10. The van der Waals surface area contributed by atoms with Gasteiger partial charge in [-0.15, -0.1) is 0 Å². The number of unbranched alkanes of at least 4 members (excludes halogenated alkanes) is 7. The minimum atomic E-state index is 0.763. The molecule has 0 aliphatic rings. The maximum Gasteiger partial charge on any atom is 0.361 e. The number of hydrogen-bond acceptors (Lipinski definition) is 3. The monoisotopic (exact) mass is 551 g/mol. The Kier molecular flexibility index (Phi) is 11.9. The maximum atomic E-state index is 6.33. The van der Waals surface area contributed by atoms with E-state index in [-0.39, 0.29) is 0 Å². The number of ether oxygens (including phenoxy) is 3. The first kappa shape index (κ1) is 29.9. The molecule has 0 saturated carbocycles. The molecule has 0 fully saturated rings. The van der Waals surface area contributed by atoms with Gasteiger partial charge in [0.2, 0.25) is 0 Å². The van der Waals surface area contributed by atoms with E-state index in [4.69, 9.17) is 18.6 Å². The molecule has 0 aliphatic carbocycles. The number of methoxy groups -OCH3 is 2. The molecule has 0 spiro atoms. The lowest BCUT2D eigenvalue weighted by Crippen LogP contribution is -1.97. The second kappa shape index (κ2) is 16.3. The maximum absolute atomic E-state index is 6.33. The lowest BCUT2D eigenvalue weighted by Gasteiger charge is -2.06. The summed E-state index contributed by atoms with van der Waals surface area (Å²) >= 11 is 0. The van der Waals surface area contributed by atoms with Gasteiger partial charge in [-0.25, -0.2) is 4.42 Å². The third-order valence-electron chi connectivity index (χ3n) is 7.20. The van der Waals surface area contributed by atoms with E-state index in [9.17, 15) is 0 Å². The van der Waals surface area contributed by atoms with Gasteiger partial charge < -0.3 is 14.2 Å². The summed E-state index contributed by atoms with van der Waals surface area (Å²) in [5.41, 5.74) is 4.22. The summed E-state index contributed by atoms with van der Waals surface area (Å²) in [4.78, 5) is 0. The van der Waals surface area contributed by atoms with Crippen LogP contribution in [0.4, 0.5) is 0 Å². The third-order valence-corrected chi connectivity index (χ3v) is 7.20. The Morgan fingerprint density at radius 2 is 1.12 bits per heavy atom. The van der Waals surface area contributed by atoms with Crippen molar-refractivity contribution < 1.29 is 18.6 Å². The Labute approximate surface area is 245 Å². The van der Waals surface area contributed by atoms with Gasteiger partial charge >= 0.3 is 11.5 Å². The Morgan fingerprint density at radius 3 is 1.73 bits per heavy atom. The SMILES string of the molecule is CCCCCCCCCCOc1ccc(/C=C/c2cc(-c3ccc(OC)cc3)cc(-c3ccc(OC)cc3)[o+]2)cc1. The van der Waals surface area contributed by atoms with Crippen molar-refractivity contribution in [1.82, 2.24) is 0 Å². The highest BCUT2D eigenvalue weighted by molar-refractivity contribution is 5.75. The molecule has 1 aromatic heterocycles. The van der Waals surface area contributed by atoms with Crippen molar-refractivity contribution in [2.24, 2.45) is 0 Å². The molecule has 4 heteroatoms. The van der Waals surface area contributed by atoms with E-state index in [2.05, 4.69) is 49.4 Å². The van der Waals surface area contributed by atoms with Crippen molar-refractivity contribution in [3.63, 3.8) is 0 Å². The molecule has 41 heavy (non-hydrogen) atoms. The average molecular weight is 552 g/mol. The predicted molar refractivity (Wildman–Crippen MR) is 171 cm³/mol. The normalized spacial score (nSPS) is 11.1. The summed E-state index contributed by atoms with van der Waals surface area (Å²) in [6, 6.07) is 28.3. The van der Waals surface area contributed by atoms with Crippen molar-refractivity contribution in [2.75, 3.05) is 20.8 Å². The van der Waals surface area contributed by atoms with Gasteiger partial charge in [-0.3, -0.25) is 0 Å². The minimum absolute atomic E-state index is 0.763. The lowest BCUT2D eigenvalue weighted by atomic mass is 10.0. The smallest absolute Gasteiger partial charge is 0.361 e. The molecule has 0 unspecified atom stereocenters. The van der Waals surface area contributed by atoms with Gasteiger partial charge in [-0.2, -0.15) is 0 Å². The Bertz CT molecular complexity index is 1270. The highest BCUT2D eigenvalue weighted by Crippen LogP contribution is 2.31. The van der Waals surface area contributed by atoms with Crippen molar-refractivity contribution in [3.05, 3.63) is 96.3 Å². The van der Waals surface area contributed by atoms with Gasteiger partial charge in [0.15, 0.2) is 0 Å². The number of rotatable bonds is 16. The van der Waals surface area contributed by atoms with Gasteiger partial charge in [0.25, 0.3) is 0 Å². The van der Waals surface area contributed by atoms with E-state index in [1.54, 1.807) is 14.2 Å². The quantitative estimate of drug-likeness (QED) is 0.103. The molecule has 1 heterocycles. The van der Waals surface area contributed by atoms with Crippen LogP contribution in [-0.4, -0.2) is 20.8 Å². The Balaban J connectivity index is 1.41. The lowest BCUT2D eigenvalue weighted by molar-refractivity contribution is 0.304. The van der Waals surface area contributed by atoms with Crippen LogP contribution in [0.25, 0.3) is 34.6 Å². The fraction of sp³-hybridized carbons (Fsp3) is 0.324. The van der Waals surface area contributed by atoms with Crippen LogP contribution in [0.3, 0.4) is 0 Å². The molecule has 4 nitrogen and oxygen atoms in total. The second-order valence-corrected chi connectivity index (χ2v) is 10.3. The van der Waals surface area contributed by atoms with Crippen LogP contribution in [-0.2, 0) is 0 Å². The molecule has 4 aromatic rings. The van der Waals surface area contributed by atoms with Gasteiger partial charge in [-0.05, 0) is 72.2 Å². The highest BCUT2D eigenvalue weighted by Gasteiger charge is 2.18. The first-order chi connectivity index (χ1) is 20.2. The van der Waals surface area contributed by atoms with Crippen molar-refractivity contribution in [1.29, 1.82) is 0 Å². The van der Waals surface area contributed by atoms with E-state index in [0.29, 0.717) is 0 Å². The van der Waals surface area contributed by atoms with Crippen molar-refractivity contribution in [2.45, 2.75) is 58.3 Å². The summed E-state index contributed by atoms with van der Waals surface area (Å²) in [6.45, 7) is 3.04. The van der Waals surface area contributed by atoms with E-state index in [1.165, 1.54) is 44.9 Å². The molecule has 214 valence electrons. The largest absolute Gasteiger partial charge is 0.497 e. The summed E-state index contributed by atoms with van der Waals surface area (Å²) in [7, 11) is 3.35. The van der Waals surface area contributed by atoms with Gasteiger partial charge in [0, 0.05) is 11.6 Å². The average Bonchev–Trinajstić information content (AvgIpc) is 3.03. The zero-order valence-electron chi connectivity index (χ0n) is 24.7. The molecular weight excluding hydrogens is 508 g/mol. The van der Waals surface area contributed by atoms with Crippen LogP contribution in [0, 0.1) is 0 Å². The van der Waals surface area contributed by atoms with E-state index in [0.717, 1.165) is 64.1 Å². The molecule has 0 bridgehead atoms. The zero-order valence-corrected chi connectivity index (χ0v) is 24.7. The fourth-order valence-corrected chi connectivity index (χ4v) is 4.73. The summed E-state index contributed by atoms with van der Waals surface area (Å²) in [6.07, 6.45) is 14.5. The van der Waals surface area contributed by atoms with Crippen LogP contribution in [0.2, 0.25) is 0 Å². The van der Waals surface area contributed by atoms with Gasteiger partial charge in [-0.1, -0.05) is 76.1 Å². The Morgan fingerprint density at radius 1 is 0.561 bits per heavy atom. The van der Waals surface area contributed by atoms with Crippen LogP contribution >= 0.6 is 0 Å². The van der Waals surface area contributed by atoms with E-state index >= 15 is 0 Å². The van der Waals surface area contributed by atoms with Crippen LogP contribution < -0.4 is 14.2 Å². The van der Waals surface area contributed by atoms with E-state index in [1.807, 2.05) is 54.6 Å². The van der Waals surface area contributed by atoms with Crippen molar-refractivity contribution >= 4 is 12.2 Å². The first-order valence-electron chi connectivity index (χ1n) is 14.9. The standard InChI is InChI=1S/C37H43O4/c1-4-5-6-7-8-9-10-11-26-40-35-19-12-29(13-20-35)14-21-36-27-32(30-15-22-33(38-2)23-16-30)28-37(41-36)31-17-24-34(39-3)25-18-31/h12-25,27-28H,4-11,26H2,1-3H3/q+1/b21-14+. The molecule has 0 amide bonds. The number of benzene rings is 3. The highest BCUT2D eigenvalue weighted by atomic mass is 16.5. The van der Waals surface area contributed by atoms with Crippen molar-refractivity contribution in [3.8, 4) is 39.7 Å². The summed E-state index contributed by atoms with van der Waals surface area (Å²) < 4.78 is 23.0. The molecule has 3 aromatic carbocycles. The second-order valence-electron chi connectivity index (χ2n) is 10.3. The molecule has 0 atom stereocenters. The van der Waals surface area contributed by atoms with Crippen LogP contribution in [0.15, 0.2) is 89.3 Å². The van der Waals surface area contributed by atoms with E-state index < -0.39 is 0 Å². The molecule has 0 N–H and O–H groups in total. The molecule has 0 saturated heterocycles. The van der Waals surface area contributed by atoms with Gasteiger partial charge in [0.1, 0.15) is 17.2 Å². The van der Waals surface area contributed by atoms with Gasteiger partial charge in [0.05, 0.1) is 38.5 Å². The molecule has 0 radical (unpaired) electrons. The topological polar surface area (TPSA) is 39.0 Å². The zero-order chi connectivity index (χ0) is 28.7. The van der Waals surface area contributed by atoms with Crippen LogP contribution in [0.5, 0.6) is 17.2 Å². The Hall–Kier alpha value is -4.05. The first-order valence-corrected chi connectivity index (χ1v) is 14.9. The molecular formula is C37H43O4+. The molecule has 0 aliphatic heterocycles.